The number of imidazole rings is 1. The number of aromatic nitrogens is 4. The van der Waals surface area contributed by atoms with E-state index in [1.165, 1.54) is 0 Å². The first-order valence-electron chi connectivity index (χ1n) is 7.47. The van der Waals surface area contributed by atoms with Crippen molar-refractivity contribution in [2.75, 3.05) is 5.32 Å². The minimum Gasteiger partial charge on any atom is -0.326 e. The molecule has 4 rings (SSSR count). The van der Waals surface area contributed by atoms with Crippen LogP contribution in [-0.2, 0) is 13.1 Å². The normalized spacial score (nSPS) is 15.6. The van der Waals surface area contributed by atoms with Crippen molar-refractivity contribution in [1.82, 2.24) is 14.5 Å². The largest absolute Gasteiger partial charge is 0.326 e. The zero-order chi connectivity index (χ0) is 16.2. The highest BCUT2D eigenvalue weighted by Crippen LogP contribution is 2.22. The average molecular weight is 331 g/mol. The number of H-pyrrole nitrogens is 1. The lowest BCUT2D eigenvalue weighted by Gasteiger charge is -2.13. The summed E-state index contributed by atoms with van der Waals surface area (Å²) in [7, 11) is 0. The molecule has 7 heteroatoms. The van der Waals surface area contributed by atoms with Crippen molar-refractivity contribution in [2.45, 2.75) is 32.5 Å². The molecule has 0 spiro atoms. The van der Waals surface area contributed by atoms with E-state index in [-0.39, 0.29) is 11.1 Å². The molecule has 0 saturated heterocycles. The van der Waals surface area contributed by atoms with E-state index in [0.717, 1.165) is 11.5 Å². The van der Waals surface area contributed by atoms with Gasteiger partial charge in [0.05, 0.1) is 18.6 Å². The van der Waals surface area contributed by atoms with Crippen molar-refractivity contribution in [3.8, 4) is 0 Å². The Balaban J connectivity index is 1.92. The third-order valence-electron chi connectivity index (χ3n) is 4.10. The SMILES string of the molecule is CC1(C)Cn2c([n+](Cc3ccc(Cl)cc3)c3nc[nH]c3c2=O)N1. The molecule has 0 fully saturated rings. The van der Waals surface area contributed by atoms with Crippen LogP contribution in [0.5, 0.6) is 0 Å². The maximum Gasteiger partial charge on any atom is 0.325 e. The van der Waals surface area contributed by atoms with E-state index >= 15 is 0 Å². The van der Waals surface area contributed by atoms with Crippen LogP contribution in [0.15, 0.2) is 35.4 Å². The molecule has 1 aliphatic heterocycles. The van der Waals surface area contributed by atoms with E-state index in [1.807, 2.05) is 28.8 Å². The lowest BCUT2D eigenvalue weighted by atomic mass is 10.1. The summed E-state index contributed by atoms with van der Waals surface area (Å²) in [5.74, 6) is 0.787. The molecular weight excluding hydrogens is 314 g/mol. The summed E-state index contributed by atoms with van der Waals surface area (Å²) in [6.45, 7) is 5.38. The first-order chi connectivity index (χ1) is 10.9. The number of nitrogens with zero attached hydrogens (tertiary/aromatic N) is 3. The molecule has 0 bridgehead atoms. The fraction of sp³-hybridized carbons (Fsp3) is 0.312. The first-order valence-corrected chi connectivity index (χ1v) is 7.85. The van der Waals surface area contributed by atoms with Gasteiger partial charge in [-0.3, -0.25) is 10.1 Å². The Hall–Kier alpha value is -2.34. The number of anilines is 1. The molecule has 3 aromatic rings. The standard InChI is InChI=1S/C16H16ClN5O/c1-16(2)8-22-14(23)12-13(19-9-18-12)21(15(22)20-16)7-10-3-5-11(17)6-4-10/h3-6,9H,7-8H2,1-2H3,(H,18,19,23)/p+1. The molecule has 1 aromatic carbocycles. The number of hydrogen-bond acceptors (Lipinski definition) is 3. The molecule has 3 heterocycles. The summed E-state index contributed by atoms with van der Waals surface area (Å²) in [4.78, 5) is 20.0. The summed E-state index contributed by atoms with van der Waals surface area (Å²) in [6.07, 6.45) is 1.56. The number of halogens is 1. The summed E-state index contributed by atoms with van der Waals surface area (Å²) >= 11 is 5.96. The van der Waals surface area contributed by atoms with Gasteiger partial charge in [0.2, 0.25) is 0 Å². The van der Waals surface area contributed by atoms with E-state index < -0.39 is 0 Å². The van der Waals surface area contributed by atoms with E-state index in [1.54, 1.807) is 10.9 Å². The average Bonchev–Trinajstić information content (AvgIpc) is 3.10. The van der Waals surface area contributed by atoms with Gasteiger partial charge in [-0.05, 0) is 31.5 Å². The van der Waals surface area contributed by atoms with Crippen LogP contribution in [0.1, 0.15) is 19.4 Å². The molecule has 6 nitrogen and oxygen atoms in total. The van der Waals surface area contributed by atoms with Crippen LogP contribution < -0.4 is 15.4 Å². The van der Waals surface area contributed by atoms with Crippen molar-refractivity contribution >= 4 is 28.7 Å². The molecule has 0 radical (unpaired) electrons. The number of aromatic amines is 1. The fourth-order valence-electron chi connectivity index (χ4n) is 3.07. The zero-order valence-electron chi connectivity index (χ0n) is 12.9. The maximum absolute atomic E-state index is 12.6. The third kappa shape index (κ3) is 2.30. The minimum atomic E-state index is -0.174. The topological polar surface area (TPSA) is 66.6 Å². The van der Waals surface area contributed by atoms with Crippen LogP contribution in [0.2, 0.25) is 5.02 Å². The predicted octanol–water partition coefficient (Wildman–Crippen LogP) is 1.92. The predicted molar refractivity (Wildman–Crippen MR) is 88.8 cm³/mol. The van der Waals surface area contributed by atoms with Gasteiger partial charge in [0.25, 0.3) is 5.65 Å². The molecular formula is C16H17ClN5O+. The Bertz CT molecular complexity index is 955. The Kier molecular flexibility index (Phi) is 2.99. The van der Waals surface area contributed by atoms with E-state index in [4.69, 9.17) is 11.6 Å². The van der Waals surface area contributed by atoms with E-state index in [0.29, 0.717) is 29.3 Å². The van der Waals surface area contributed by atoms with E-state index in [2.05, 4.69) is 29.1 Å². The van der Waals surface area contributed by atoms with Gasteiger partial charge < -0.3 is 4.98 Å². The maximum atomic E-state index is 12.6. The summed E-state index contributed by atoms with van der Waals surface area (Å²) < 4.78 is 3.81. The Labute approximate surface area is 137 Å². The van der Waals surface area contributed by atoms with Crippen LogP contribution in [-0.4, -0.2) is 20.1 Å². The van der Waals surface area contributed by atoms with Crippen LogP contribution in [0.4, 0.5) is 5.95 Å². The molecule has 0 saturated carbocycles. The van der Waals surface area contributed by atoms with Gasteiger partial charge in [0, 0.05) is 5.02 Å². The molecule has 23 heavy (non-hydrogen) atoms. The van der Waals surface area contributed by atoms with Gasteiger partial charge in [-0.2, -0.15) is 0 Å². The Morgan fingerprint density at radius 3 is 2.83 bits per heavy atom. The second-order valence-electron chi connectivity index (χ2n) is 6.54. The third-order valence-corrected chi connectivity index (χ3v) is 4.35. The fourth-order valence-corrected chi connectivity index (χ4v) is 3.19. The molecule has 2 N–H and O–H groups in total. The number of fused-ring (bicyclic) bond motifs is 2. The highest BCUT2D eigenvalue weighted by Gasteiger charge is 2.38. The molecule has 1 aliphatic rings. The van der Waals surface area contributed by atoms with Crippen molar-refractivity contribution in [2.24, 2.45) is 0 Å². The van der Waals surface area contributed by atoms with Gasteiger partial charge in [-0.15, -0.1) is 4.98 Å². The first kappa shape index (κ1) is 14.3. The molecule has 0 atom stereocenters. The molecule has 0 amide bonds. The molecule has 118 valence electrons. The van der Waals surface area contributed by atoms with Gasteiger partial charge >= 0.3 is 11.5 Å². The van der Waals surface area contributed by atoms with Crippen LogP contribution in [0, 0.1) is 0 Å². The smallest absolute Gasteiger partial charge is 0.325 e. The number of rotatable bonds is 2. The number of nitrogens with one attached hydrogen (secondary N) is 2. The zero-order valence-corrected chi connectivity index (χ0v) is 13.7. The summed E-state index contributed by atoms with van der Waals surface area (Å²) in [5, 5.41) is 4.15. The Morgan fingerprint density at radius 2 is 2.09 bits per heavy atom. The lowest BCUT2D eigenvalue weighted by Crippen LogP contribution is -2.43. The molecule has 0 aliphatic carbocycles. The van der Waals surface area contributed by atoms with Crippen molar-refractivity contribution in [3.63, 3.8) is 0 Å². The highest BCUT2D eigenvalue weighted by molar-refractivity contribution is 6.30. The van der Waals surface area contributed by atoms with Crippen molar-refractivity contribution in [3.05, 3.63) is 51.5 Å². The van der Waals surface area contributed by atoms with Crippen LogP contribution in [0.25, 0.3) is 11.2 Å². The summed E-state index contributed by atoms with van der Waals surface area (Å²) in [6, 6.07) is 7.70. The lowest BCUT2D eigenvalue weighted by molar-refractivity contribution is -0.653. The highest BCUT2D eigenvalue weighted by atomic mass is 35.5. The monoisotopic (exact) mass is 330 g/mol. The minimum absolute atomic E-state index is 0.0436. The van der Waals surface area contributed by atoms with Crippen molar-refractivity contribution < 1.29 is 4.57 Å². The quantitative estimate of drug-likeness (QED) is 0.705. The van der Waals surface area contributed by atoms with E-state index in [9.17, 15) is 4.79 Å². The van der Waals surface area contributed by atoms with Crippen LogP contribution in [0.3, 0.4) is 0 Å². The van der Waals surface area contributed by atoms with Gasteiger partial charge in [0.15, 0.2) is 11.8 Å². The molecule has 0 unspecified atom stereocenters. The van der Waals surface area contributed by atoms with Gasteiger partial charge in [-0.25, -0.2) is 9.13 Å². The number of hydrogen-bond donors (Lipinski definition) is 2. The Morgan fingerprint density at radius 1 is 1.35 bits per heavy atom. The second kappa shape index (κ2) is 4.83. The number of benzene rings is 1. The summed E-state index contributed by atoms with van der Waals surface area (Å²) in [5.41, 5.74) is 2.06. The van der Waals surface area contributed by atoms with Crippen molar-refractivity contribution in [1.29, 1.82) is 0 Å². The second-order valence-corrected chi connectivity index (χ2v) is 6.97. The van der Waals surface area contributed by atoms with Crippen LogP contribution >= 0.6 is 11.6 Å². The van der Waals surface area contributed by atoms with Gasteiger partial charge in [0.1, 0.15) is 0 Å². The molecule has 2 aromatic heterocycles. The van der Waals surface area contributed by atoms with Gasteiger partial charge in [-0.1, -0.05) is 23.7 Å².